The highest BCUT2D eigenvalue weighted by Crippen LogP contribution is 2.40. The monoisotopic (exact) mass is 289 g/mol. The van der Waals surface area contributed by atoms with Gasteiger partial charge in [0.1, 0.15) is 10.0 Å². The molecule has 1 N–H and O–H groups in total. The van der Waals surface area contributed by atoms with Gasteiger partial charge in [0.05, 0.1) is 6.61 Å². The summed E-state index contributed by atoms with van der Waals surface area (Å²) >= 11 is 23.0. The van der Waals surface area contributed by atoms with Gasteiger partial charge in [-0.1, -0.05) is 46.4 Å². The summed E-state index contributed by atoms with van der Waals surface area (Å²) in [6.07, 6.45) is 0.463. The molecule has 15 heavy (non-hydrogen) atoms. The minimum absolute atomic E-state index is 0.0157. The van der Waals surface area contributed by atoms with Crippen LogP contribution in [0.25, 0.3) is 0 Å². The first kappa shape index (κ1) is 13.1. The van der Waals surface area contributed by atoms with Gasteiger partial charge in [-0.25, -0.2) is 4.98 Å². The van der Waals surface area contributed by atoms with E-state index in [2.05, 4.69) is 4.98 Å². The molecule has 3 nitrogen and oxygen atoms in total. The summed E-state index contributed by atoms with van der Waals surface area (Å²) in [7, 11) is 0. The molecule has 7 heteroatoms. The van der Waals surface area contributed by atoms with Crippen molar-refractivity contribution in [2.75, 3.05) is 13.2 Å². The number of hydrogen-bond donors (Lipinski definition) is 1. The van der Waals surface area contributed by atoms with Crippen molar-refractivity contribution in [1.29, 1.82) is 0 Å². The quantitative estimate of drug-likeness (QED) is 0.682. The Kier molecular flexibility index (Phi) is 5.23. The van der Waals surface area contributed by atoms with E-state index in [4.69, 9.17) is 56.2 Å². The molecule has 0 saturated heterocycles. The van der Waals surface area contributed by atoms with Crippen molar-refractivity contribution in [3.05, 3.63) is 20.4 Å². The van der Waals surface area contributed by atoms with Crippen molar-refractivity contribution in [2.45, 2.75) is 6.42 Å². The highest BCUT2D eigenvalue weighted by Gasteiger charge is 2.16. The van der Waals surface area contributed by atoms with E-state index >= 15 is 0 Å². The summed E-state index contributed by atoms with van der Waals surface area (Å²) in [4.78, 5) is 3.70. The molecule has 1 aromatic heterocycles. The zero-order chi connectivity index (χ0) is 11.4. The molecule has 0 unspecified atom stereocenters. The Labute approximate surface area is 107 Å². The molecule has 0 saturated carbocycles. The fourth-order valence-electron chi connectivity index (χ4n) is 0.834. The molecule has 0 aliphatic rings. The van der Waals surface area contributed by atoms with Crippen molar-refractivity contribution in [1.82, 2.24) is 4.98 Å². The van der Waals surface area contributed by atoms with Crippen LogP contribution in [0.5, 0.6) is 5.75 Å². The summed E-state index contributed by atoms with van der Waals surface area (Å²) < 4.78 is 5.24. The summed E-state index contributed by atoms with van der Waals surface area (Å²) in [6.45, 7) is 0.286. The zero-order valence-electron chi connectivity index (χ0n) is 7.44. The normalized spacial score (nSPS) is 10.5. The smallest absolute Gasteiger partial charge is 0.162 e. The largest absolute Gasteiger partial charge is 0.490 e. The second-order valence-corrected chi connectivity index (χ2v) is 4.05. The van der Waals surface area contributed by atoms with Gasteiger partial charge >= 0.3 is 0 Å². The van der Waals surface area contributed by atoms with Gasteiger partial charge in [0.15, 0.2) is 16.1 Å². The van der Waals surface area contributed by atoms with E-state index in [1.165, 1.54) is 0 Å². The van der Waals surface area contributed by atoms with Gasteiger partial charge in [0.2, 0.25) is 0 Å². The summed E-state index contributed by atoms with van der Waals surface area (Å²) in [5.41, 5.74) is 0. The number of hydrogen-bond acceptors (Lipinski definition) is 3. The molecule has 0 aromatic carbocycles. The molecule has 0 bridgehead atoms. The maximum Gasteiger partial charge on any atom is 0.162 e. The molecule has 0 fully saturated rings. The lowest BCUT2D eigenvalue weighted by Gasteiger charge is -2.10. The lowest BCUT2D eigenvalue weighted by atomic mass is 10.4. The first-order chi connectivity index (χ1) is 7.07. The molecule has 0 amide bonds. The van der Waals surface area contributed by atoms with E-state index in [9.17, 15) is 0 Å². The lowest BCUT2D eigenvalue weighted by Crippen LogP contribution is -2.01. The van der Waals surface area contributed by atoms with Crippen molar-refractivity contribution in [3.63, 3.8) is 0 Å². The third kappa shape index (κ3) is 3.26. The third-order valence-electron chi connectivity index (χ3n) is 1.51. The number of ether oxygens (including phenoxy) is 1. The second-order valence-electron chi connectivity index (χ2n) is 2.58. The Morgan fingerprint density at radius 3 is 2.07 bits per heavy atom. The molecule has 1 aromatic rings. The number of rotatable bonds is 4. The number of aliphatic hydroxyl groups is 1. The Balaban J connectivity index is 2.94. The zero-order valence-corrected chi connectivity index (χ0v) is 10.5. The standard InChI is InChI=1S/C8H7Cl4NO2/c9-4-6(15-3-1-2-14)5(10)8(12)13-7(4)11/h14H,1-3H2. The molecule has 1 heterocycles. The van der Waals surface area contributed by atoms with Crippen LogP contribution >= 0.6 is 46.4 Å². The lowest BCUT2D eigenvalue weighted by molar-refractivity contribution is 0.233. The Bertz CT molecular complexity index is 333. The highest BCUT2D eigenvalue weighted by molar-refractivity contribution is 6.47. The van der Waals surface area contributed by atoms with Crippen LogP contribution in [-0.2, 0) is 0 Å². The fourth-order valence-corrected chi connectivity index (χ4v) is 1.65. The number of nitrogens with zero attached hydrogens (tertiary/aromatic N) is 1. The van der Waals surface area contributed by atoms with Gasteiger partial charge in [-0.3, -0.25) is 0 Å². The minimum atomic E-state index is 0.0157. The van der Waals surface area contributed by atoms with Gasteiger partial charge < -0.3 is 9.84 Å². The highest BCUT2D eigenvalue weighted by atomic mass is 35.5. The van der Waals surface area contributed by atoms with Crippen LogP contribution in [0.2, 0.25) is 20.4 Å². The van der Waals surface area contributed by atoms with Crippen molar-refractivity contribution in [3.8, 4) is 5.75 Å². The molecule has 0 aliphatic heterocycles. The molecule has 0 aliphatic carbocycles. The molecule has 0 spiro atoms. The summed E-state index contributed by atoms with van der Waals surface area (Å²) in [5.74, 6) is 0.191. The molecular formula is C8H7Cl4NO2. The number of halogens is 4. The van der Waals surface area contributed by atoms with Gasteiger partial charge in [-0.15, -0.1) is 0 Å². The third-order valence-corrected chi connectivity index (χ3v) is 2.95. The number of aliphatic hydroxyl groups excluding tert-OH is 1. The number of aromatic nitrogens is 1. The van der Waals surface area contributed by atoms with Crippen LogP contribution < -0.4 is 4.74 Å². The average molecular weight is 291 g/mol. The van der Waals surface area contributed by atoms with E-state index in [1.54, 1.807) is 0 Å². The average Bonchev–Trinajstić information content (AvgIpc) is 2.20. The Hall–Kier alpha value is 0.0700. The van der Waals surface area contributed by atoms with Crippen LogP contribution in [-0.4, -0.2) is 23.3 Å². The minimum Gasteiger partial charge on any atom is -0.490 e. The Morgan fingerprint density at radius 1 is 1.07 bits per heavy atom. The molecule has 0 atom stereocenters. The predicted molar refractivity (Wildman–Crippen MR) is 61.5 cm³/mol. The van der Waals surface area contributed by atoms with Gasteiger partial charge in [-0.2, -0.15) is 0 Å². The van der Waals surface area contributed by atoms with Gasteiger partial charge in [-0.05, 0) is 0 Å². The van der Waals surface area contributed by atoms with E-state index in [0.29, 0.717) is 6.42 Å². The Morgan fingerprint density at radius 2 is 1.60 bits per heavy atom. The molecule has 84 valence electrons. The van der Waals surface area contributed by atoms with E-state index in [0.717, 1.165) is 0 Å². The maximum absolute atomic E-state index is 8.58. The molecule has 0 radical (unpaired) electrons. The van der Waals surface area contributed by atoms with E-state index in [-0.39, 0.29) is 39.3 Å². The van der Waals surface area contributed by atoms with Crippen LogP contribution in [0.15, 0.2) is 0 Å². The van der Waals surface area contributed by atoms with Crippen LogP contribution in [0, 0.1) is 0 Å². The number of pyridine rings is 1. The van der Waals surface area contributed by atoms with Gasteiger partial charge in [0, 0.05) is 13.0 Å². The second kappa shape index (κ2) is 5.97. The molecular weight excluding hydrogens is 284 g/mol. The maximum atomic E-state index is 8.58. The first-order valence-electron chi connectivity index (χ1n) is 4.01. The van der Waals surface area contributed by atoms with E-state index < -0.39 is 0 Å². The van der Waals surface area contributed by atoms with Crippen LogP contribution in [0.4, 0.5) is 0 Å². The molecule has 1 rings (SSSR count). The van der Waals surface area contributed by atoms with Gasteiger partial charge in [0.25, 0.3) is 0 Å². The predicted octanol–water partition coefficient (Wildman–Crippen LogP) is 3.46. The van der Waals surface area contributed by atoms with Crippen molar-refractivity contribution in [2.24, 2.45) is 0 Å². The topological polar surface area (TPSA) is 42.4 Å². The van der Waals surface area contributed by atoms with E-state index in [1.807, 2.05) is 0 Å². The summed E-state index contributed by atoms with van der Waals surface area (Å²) in [5, 5.41) is 8.88. The van der Waals surface area contributed by atoms with Crippen molar-refractivity contribution < 1.29 is 9.84 Å². The fraction of sp³-hybridized carbons (Fsp3) is 0.375. The summed E-state index contributed by atoms with van der Waals surface area (Å²) in [6, 6.07) is 0. The van der Waals surface area contributed by atoms with Crippen LogP contribution in [0.1, 0.15) is 6.42 Å². The van der Waals surface area contributed by atoms with Crippen molar-refractivity contribution >= 4 is 46.4 Å². The SMILES string of the molecule is OCCCOc1c(Cl)c(Cl)nc(Cl)c1Cl. The van der Waals surface area contributed by atoms with Crippen LogP contribution in [0.3, 0.4) is 0 Å². The first-order valence-corrected chi connectivity index (χ1v) is 5.52.